The number of hydrogen-bond acceptors (Lipinski definition) is 5. The van der Waals surface area contributed by atoms with E-state index in [4.69, 9.17) is 23.2 Å². The highest BCUT2D eigenvalue weighted by Crippen LogP contribution is 2.40. The fourth-order valence-electron chi connectivity index (χ4n) is 2.33. The number of methoxy groups -OCH3 is 1. The molecule has 3 rings (SSSR count). The van der Waals surface area contributed by atoms with Gasteiger partial charge in [-0.1, -0.05) is 53.2 Å². The fraction of sp³-hybridized carbons (Fsp3) is 0.0556. The highest BCUT2D eigenvalue weighted by molar-refractivity contribution is 7.99. The van der Waals surface area contributed by atoms with Gasteiger partial charge in [-0.2, -0.15) is 0 Å². The minimum Gasteiger partial charge on any atom is -0.453 e. The first-order valence-electron chi connectivity index (χ1n) is 7.57. The van der Waals surface area contributed by atoms with Crippen molar-refractivity contribution in [1.82, 2.24) is 5.32 Å². The number of benzene rings is 2. The maximum Gasteiger partial charge on any atom is 0.411 e. The Labute approximate surface area is 169 Å². The van der Waals surface area contributed by atoms with Crippen LogP contribution in [-0.2, 0) is 14.3 Å². The summed E-state index contributed by atoms with van der Waals surface area (Å²) in [7, 11) is 1.15. The summed E-state index contributed by atoms with van der Waals surface area (Å²) in [6.45, 7) is 0. The number of nitrogens with zero attached hydrogens (tertiary/aromatic N) is 1. The number of amides is 3. The lowest BCUT2D eigenvalue weighted by Crippen LogP contribution is -2.35. The van der Waals surface area contributed by atoms with Crippen LogP contribution < -0.4 is 10.2 Å². The summed E-state index contributed by atoms with van der Waals surface area (Å²) in [6.07, 6.45) is 0.153. The second-order valence-corrected chi connectivity index (χ2v) is 7.23. The van der Waals surface area contributed by atoms with Crippen molar-refractivity contribution in [2.45, 2.75) is 9.79 Å². The first-order chi connectivity index (χ1) is 12.9. The number of anilines is 1. The van der Waals surface area contributed by atoms with Crippen LogP contribution in [0.4, 0.5) is 10.5 Å². The Hall–Kier alpha value is -2.48. The van der Waals surface area contributed by atoms with Gasteiger partial charge in [0.1, 0.15) is 5.70 Å². The standard InChI is InChI=1S/C18H12Cl2N2O4S/c1-26-18(25)21-13-8-16(23)22(17(13)24)14-9-15(12(20)7-11(14)19)27-10-5-3-2-4-6-10/h2-9H,1H3,(H,21,25). The van der Waals surface area contributed by atoms with Gasteiger partial charge in [-0.3, -0.25) is 14.9 Å². The van der Waals surface area contributed by atoms with Crippen molar-refractivity contribution >= 4 is 58.6 Å². The molecule has 2 aromatic carbocycles. The number of ether oxygens (including phenoxy) is 1. The molecule has 0 aromatic heterocycles. The summed E-state index contributed by atoms with van der Waals surface area (Å²) >= 11 is 13.9. The summed E-state index contributed by atoms with van der Waals surface area (Å²) in [6, 6.07) is 12.5. The molecule has 9 heteroatoms. The zero-order valence-electron chi connectivity index (χ0n) is 13.9. The van der Waals surface area contributed by atoms with Gasteiger partial charge in [0.05, 0.1) is 22.8 Å². The molecule has 0 fully saturated rings. The zero-order valence-corrected chi connectivity index (χ0v) is 16.2. The third-order valence-corrected chi connectivity index (χ3v) is 5.35. The SMILES string of the molecule is COC(=O)NC1=CC(=O)N(c2cc(Sc3ccccc3)c(Cl)cc2Cl)C1=O. The number of alkyl carbamates (subject to hydrolysis) is 1. The molecule has 1 aliphatic heterocycles. The summed E-state index contributed by atoms with van der Waals surface area (Å²) in [5.74, 6) is -1.35. The predicted octanol–water partition coefficient (Wildman–Crippen LogP) is 4.26. The number of halogens is 2. The van der Waals surface area contributed by atoms with Gasteiger partial charge in [0.15, 0.2) is 0 Å². The van der Waals surface area contributed by atoms with Crippen molar-refractivity contribution in [3.8, 4) is 0 Å². The number of nitrogens with one attached hydrogen (secondary N) is 1. The Morgan fingerprint density at radius 1 is 1.11 bits per heavy atom. The van der Waals surface area contributed by atoms with Gasteiger partial charge in [0.25, 0.3) is 11.8 Å². The molecule has 0 saturated heterocycles. The minimum atomic E-state index is -0.855. The van der Waals surface area contributed by atoms with Crippen molar-refractivity contribution < 1.29 is 19.1 Å². The topological polar surface area (TPSA) is 75.7 Å². The van der Waals surface area contributed by atoms with E-state index in [0.29, 0.717) is 9.92 Å². The van der Waals surface area contributed by atoms with Gasteiger partial charge < -0.3 is 4.74 Å². The summed E-state index contributed by atoms with van der Waals surface area (Å²) in [4.78, 5) is 38.6. The molecule has 2 aromatic rings. The number of imide groups is 1. The van der Waals surface area contributed by atoms with Gasteiger partial charge in [-0.15, -0.1) is 0 Å². The quantitative estimate of drug-likeness (QED) is 0.744. The van der Waals surface area contributed by atoms with E-state index in [1.165, 1.54) is 17.8 Å². The first-order valence-corrected chi connectivity index (χ1v) is 9.15. The van der Waals surface area contributed by atoms with Gasteiger partial charge in [0, 0.05) is 15.9 Å². The molecule has 0 spiro atoms. The van der Waals surface area contributed by atoms with Crippen molar-refractivity contribution in [3.05, 3.63) is 64.3 Å². The molecular formula is C18H12Cl2N2O4S. The maximum atomic E-state index is 12.5. The highest BCUT2D eigenvalue weighted by Gasteiger charge is 2.35. The average Bonchev–Trinajstić information content (AvgIpc) is 2.92. The van der Waals surface area contributed by atoms with Crippen LogP contribution in [-0.4, -0.2) is 25.0 Å². The third kappa shape index (κ3) is 4.10. The molecule has 1 N–H and O–H groups in total. The Bertz CT molecular complexity index is 963. The van der Waals surface area contributed by atoms with Crippen LogP contribution in [0.15, 0.2) is 64.0 Å². The van der Waals surface area contributed by atoms with Crippen LogP contribution in [0.25, 0.3) is 0 Å². The number of carbonyl (C=O) groups is 3. The third-order valence-electron chi connectivity index (χ3n) is 3.56. The first kappa shape index (κ1) is 19.3. The molecule has 138 valence electrons. The Morgan fingerprint density at radius 3 is 2.48 bits per heavy atom. The van der Waals surface area contributed by atoms with Crippen LogP contribution in [0.5, 0.6) is 0 Å². The van der Waals surface area contributed by atoms with Crippen molar-refractivity contribution in [2.75, 3.05) is 12.0 Å². The van der Waals surface area contributed by atoms with Crippen LogP contribution in [0.1, 0.15) is 0 Å². The van der Waals surface area contributed by atoms with Crippen LogP contribution in [0, 0.1) is 0 Å². The van der Waals surface area contributed by atoms with Gasteiger partial charge in [-0.25, -0.2) is 9.69 Å². The predicted molar refractivity (Wildman–Crippen MR) is 103 cm³/mol. The van der Waals surface area contributed by atoms with E-state index in [-0.39, 0.29) is 16.4 Å². The monoisotopic (exact) mass is 422 g/mol. The molecule has 0 radical (unpaired) electrons. The second kappa shape index (κ2) is 8.04. The van der Waals surface area contributed by atoms with E-state index in [9.17, 15) is 14.4 Å². The molecule has 0 aliphatic carbocycles. The summed E-state index contributed by atoms with van der Waals surface area (Å²) < 4.78 is 4.44. The number of rotatable bonds is 4. The fourth-order valence-corrected chi connectivity index (χ4v) is 3.79. The maximum absolute atomic E-state index is 12.5. The lowest BCUT2D eigenvalue weighted by molar-refractivity contribution is -0.120. The highest BCUT2D eigenvalue weighted by atomic mass is 35.5. The van der Waals surface area contributed by atoms with Crippen molar-refractivity contribution in [1.29, 1.82) is 0 Å². The van der Waals surface area contributed by atoms with E-state index < -0.39 is 17.9 Å². The summed E-state index contributed by atoms with van der Waals surface area (Å²) in [5, 5.41) is 2.73. The Balaban J connectivity index is 1.93. The second-order valence-electron chi connectivity index (χ2n) is 5.30. The number of carbonyl (C=O) groups excluding carboxylic acids is 3. The van der Waals surface area contributed by atoms with Gasteiger partial charge in [0.2, 0.25) is 0 Å². The molecule has 1 aliphatic rings. The average molecular weight is 423 g/mol. The van der Waals surface area contributed by atoms with E-state index >= 15 is 0 Å². The Morgan fingerprint density at radius 2 is 1.81 bits per heavy atom. The van der Waals surface area contributed by atoms with E-state index in [0.717, 1.165) is 23.0 Å². The zero-order chi connectivity index (χ0) is 19.6. The summed E-state index contributed by atoms with van der Waals surface area (Å²) in [5.41, 5.74) is -0.0254. The Kier molecular flexibility index (Phi) is 5.74. The minimum absolute atomic E-state index is 0.131. The molecule has 0 unspecified atom stereocenters. The van der Waals surface area contributed by atoms with E-state index in [1.807, 2.05) is 30.3 Å². The van der Waals surface area contributed by atoms with Crippen LogP contribution >= 0.6 is 35.0 Å². The van der Waals surface area contributed by atoms with E-state index in [2.05, 4.69) is 10.1 Å². The van der Waals surface area contributed by atoms with Crippen LogP contribution in [0.2, 0.25) is 10.0 Å². The lowest BCUT2D eigenvalue weighted by atomic mass is 10.3. The van der Waals surface area contributed by atoms with E-state index in [1.54, 1.807) is 6.07 Å². The largest absolute Gasteiger partial charge is 0.453 e. The number of hydrogen-bond donors (Lipinski definition) is 1. The van der Waals surface area contributed by atoms with Gasteiger partial charge >= 0.3 is 6.09 Å². The molecule has 0 saturated carbocycles. The molecule has 0 atom stereocenters. The molecule has 0 bridgehead atoms. The molecule has 3 amide bonds. The smallest absolute Gasteiger partial charge is 0.411 e. The molecular weight excluding hydrogens is 411 g/mol. The molecule has 6 nitrogen and oxygen atoms in total. The van der Waals surface area contributed by atoms with Gasteiger partial charge in [-0.05, 0) is 24.3 Å². The van der Waals surface area contributed by atoms with Crippen molar-refractivity contribution in [2.24, 2.45) is 0 Å². The lowest BCUT2D eigenvalue weighted by Gasteiger charge is -2.18. The molecule has 1 heterocycles. The molecule has 27 heavy (non-hydrogen) atoms. The van der Waals surface area contributed by atoms with Crippen molar-refractivity contribution in [3.63, 3.8) is 0 Å². The van der Waals surface area contributed by atoms with Crippen LogP contribution in [0.3, 0.4) is 0 Å². The normalized spacial score (nSPS) is 13.6.